The molecule has 4 rings (SSSR count). The second kappa shape index (κ2) is 10.8. The standard InChI is InChI=1S/C30H36N2O2/c1-4-5-6-7-11-20-30(31-25-15-17-26(34-3)18-16-25)27-21-23(2)14-19-28(27)32(29(30)33)22-24-12-9-8-10-13-24/h8-10,12-19,21,31H,4-7,11,20,22H2,1-3H3/t30-/m0/s1. The average molecular weight is 457 g/mol. The fourth-order valence-corrected chi connectivity index (χ4v) is 4.94. The molecule has 1 N–H and O–H groups in total. The van der Waals surface area contributed by atoms with E-state index in [-0.39, 0.29) is 5.91 Å². The van der Waals surface area contributed by atoms with Gasteiger partial charge in [-0.05, 0) is 49.2 Å². The minimum atomic E-state index is -0.781. The van der Waals surface area contributed by atoms with Crippen LogP contribution in [0.3, 0.4) is 0 Å². The van der Waals surface area contributed by atoms with Gasteiger partial charge in [-0.25, -0.2) is 0 Å². The summed E-state index contributed by atoms with van der Waals surface area (Å²) in [6, 6.07) is 24.5. The summed E-state index contributed by atoms with van der Waals surface area (Å²) in [7, 11) is 1.67. The number of nitrogens with one attached hydrogen (secondary N) is 1. The molecule has 1 heterocycles. The predicted molar refractivity (Wildman–Crippen MR) is 140 cm³/mol. The van der Waals surface area contributed by atoms with Crippen molar-refractivity contribution in [2.75, 3.05) is 17.3 Å². The van der Waals surface area contributed by atoms with E-state index in [1.807, 2.05) is 47.4 Å². The summed E-state index contributed by atoms with van der Waals surface area (Å²) >= 11 is 0. The molecule has 34 heavy (non-hydrogen) atoms. The smallest absolute Gasteiger partial charge is 0.257 e. The van der Waals surface area contributed by atoms with E-state index >= 15 is 0 Å². The summed E-state index contributed by atoms with van der Waals surface area (Å²) in [6.07, 6.45) is 6.55. The fraction of sp³-hybridized carbons (Fsp3) is 0.367. The molecule has 3 aromatic rings. The number of hydrogen-bond acceptors (Lipinski definition) is 3. The van der Waals surface area contributed by atoms with Crippen LogP contribution in [0, 0.1) is 6.92 Å². The van der Waals surface area contributed by atoms with Crippen LogP contribution in [0.25, 0.3) is 0 Å². The Balaban J connectivity index is 1.72. The van der Waals surface area contributed by atoms with Crippen LogP contribution in [0.5, 0.6) is 5.75 Å². The van der Waals surface area contributed by atoms with Gasteiger partial charge in [0.25, 0.3) is 5.91 Å². The molecule has 3 aromatic carbocycles. The SMILES string of the molecule is CCCCCCC[C@@]1(Nc2ccc(OC)cc2)C(=O)N(Cc2ccccc2)c2ccc(C)cc21. The van der Waals surface area contributed by atoms with Gasteiger partial charge in [0.15, 0.2) is 0 Å². The van der Waals surface area contributed by atoms with Gasteiger partial charge in [0.2, 0.25) is 0 Å². The van der Waals surface area contributed by atoms with Crippen LogP contribution in [0.4, 0.5) is 11.4 Å². The maximum absolute atomic E-state index is 14.3. The number of rotatable bonds is 11. The molecule has 4 heteroatoms. The molecule has 0 saturated heterocycles. The molecule has 0 unspecified atom stereocenters. The molecule has 0 spiro atoms. The van der Waals surface area contributed by atoms with Crippen LogP contribution in [0.15, 0.2) is 72.8 Å². The van der Waals surface area contributed by atoms with Crippen molar-refractivity contribution in [2.45, 2.75) is 64.5 Å². The molecule has 1 aliphatic heterocycles. The van der Waals surface area contributed by atoms with Crippen molar-refractivity contribution in [3.8, 4) is 5.75 Å². The van der Waals surface area contributed by atoms with Crippen LogP contribution in [-0.4, -0.2) is 13.0 Å². The van der Waals surface area contributed by atoms with Crippen molar-refractivity contribution in [3.63, 3.8) is 0 Å². The Labute approximate surface area is 204 Å². The summed E-state index contributed by atoms with van der Waals surface area (Å²) in [5, 5.41) is 3.70. The maximum atomic E-state index is 14.3. The molecule has 1 atom stereocenters. The van der Waals surface area contributed by atoms with Gasteiger partial charge in [-0.1, -0.05) is 87.1 Å². The van der Waals surface area contributed by atoms with Crippen molar-refractivity contribution >= 4 is 17.3 Å². The number of carbonyl (C=O) groups is 1. The zero-order valence-electron chi connectivity index (χ0n) is 20.6. The molecule has 4 nitrogen and oxygen atoms in total. The van der Waals surface area contributed by atoms with Crippen LogP contribution in [-0.2, 0) is 16.9 Å². The van der Waals surface area contributed by atoms with E-state index in [1.165, 1.54) is 24.8 Å². The number of hydrogen-bond donors (Lipinski definition) is 1. The number of aryl methyl sites for hydroxylation is 1. The highest BCUT2D eigenvalue weighted by molar-refractivity contribution is 6.09. The summed E-state index contributed by atoms with van der Waals surface area (Å²) in [5.74, 6) is 0.933. The molecule has 0 fully saturated rings. The third kappa shape index (κ3) is 4.96. The predicted octanol–water partition coefficient (Wildman–Crippen LogP) is 7.22. The van der Waals surface area contributed by atoms with E-state index in [0.29, 0.717) is 6.54 Å². The van der Waals surface area contributed by atoms with E-state index in [4.69, 9.17) is 4.74 Å². The van der Waals surface area contributed by atoms with Gasteiger partial charge >= 0.3 is 0 Å². The minimum absolute atomic E-state index is 0.128. The van der Waals surface area contributed by atoms with Crippen LogP contribution in [0.1, 0.15) is 62.1 Å². The number of anilines is 2. The molecule has 1 amide bonds. The number of ether oxygens (including phenoxy) is 1. The zero-order chi connectivity index (χ0) is 24.0. The van der Waals surface area contributed by atoms with E-state index in [1.54, 1.807) is 7.11 Å². The normalized spacial score (nSPS) is 17.0. The lowest BCUT2D eigenvalue weighted by molar-refractivity contribution is -0.122. The Kier molecular flexibility index (Phi) is 7.56. The molecule has 0 aliphatic carbocycles. The van der Waals surface area contributed by atoms with Gasteiger partial charge in [-0.2, -0.15) is 0 Å². The largest absolute Gasteiger partial charge is 0.497 e. The number of unbranched alkanes of at least 4 members (excludes halogenated alkanes) is 4. The molecule has 178 valence electrons. The van der Waals surface area contributed by atoms with E-state index < -0.39 is 5.54 Å². The third-order valence-electron chi connectivity index (χ3n) is 6.80. The highest BCUT2D eigenvalue weighted by Gasteiger charge is 2.50. The topological polar surface area (TPSA) is 41.6 Å². The van der Waals surface area contributed by atoms with Crippen molar-refractivity contribution in [1.82, 2.24) is 0 Å². The van der Waals surface area contributed by atoms with Gasteiger partial charge in [-0.15, -0.1) is 0 Å². The Hall–Kier alpha value is -3.27. The van der Waals surface area contributed by atoms with Crippen LogP contribution in [0.2, 0.25) is 0 Å². The van der Waals surface area contributed by atoms with Crippen LogP contribution >= 0.6 is 0 Å². The van der Waals surface area contributed by atoms with Crippen LogP contribution < -0.4 is 15.0 Å². The number of carbonyl (C=O) groups excluding carboxylic acids is 1. The van der Waals surface area contributed by atoms with Gasteiger partial charge in [0.1, 0.15) is 11.3 Å². The van der Waals surface area contributed by atoms with E-state index in [2.05, 4.69) is 49.5 Å². The third-order valence-corrected chi connectivity index (χ3v) is 6.80. The number of fused-ring (bicyclic) bond motifs is 1. The van der Waals surface area contributed by atoms with Gasteiger partial charge in [0, 0.05) is 11.3 Å². The molecule has 0 aromatic heterocycles. The fourth-order valence-electron chi connectivity index (χ4n) is 4.94. The molecule has 1 aliphatic rings. The average Bonchev–Trinajstić information content (AvgIpc) is 3.07. The zero-order valence-corrected chi connectivity index (χ0v) is 20.6. The Morgan fingerprint density at radius 1 is 0.912 bits per heavy atom. The van der Waals surface area contributed by atoms with Gasteiger partial charge in [-0.3, -0.25) is 4.79 Å². The number of nitrogens with zero attached hydrogens (tertiary/aromatic N) is 1. The first-order valence-corrected chi connectivity index (χ1v) is 12.5. The van der Waals surface area contributed by atoms with Crippen molar-refractivity contribution in [3.05, 3.63) is 89.5 Å². The molecular weight excluding hydrogens is 420 g/mol. The van der Waals surface area contributed by atoms with Crippen molar-refractivity contribution in [1.29, 1.82) is 0 Å². The first kappa shape index (κ1) is 23.9. The minimum Gasteiger partial charge on any atom is -0.497 e. The van der Waals surface area contributed by atoms with Crippen molar-refractivity contribution < 1.29 is 9.53 Å². The summed E-state index contributed by atoms with van der Waals surface area (Å²) < 4.78 is 5.34. The Morgan fingerprint density at radius 3 is 2.35 bits per heavy atom. The van der Waals surface area contributed by atoms with Gasteiger partial charge < -0.3 is 15.0 Å². The van der Waals surface area contributed by atoms with Gasteiger partial charge in [0.05, 0.1) is 19.3 Å². The number of amides is 1. The number of benzene rings is 3. The number of methoxy groups -OCH3 is 1. The highest BCUT2D eigenvalue weighted by Crippen LogP contribution is 2.46. The lowest BCUT2D eigenvalue weighted by atomic mass is 9.84. The first-order chi connectivity index (χ1) is 16.6. The van der Waals surface area contributed by atoms with E-state index in [9.17, 15) is 4.79 Å². The molecular formula is C30H36N2O2. The molecule has 0 saturated carbocycles. The highest BCUT2D eigenvalue weighted by atomic mass is 16.5. The summed E-state index contributed by atoms with van der Waals surface area (Å²) in [4.78, 5) is 16.3. The second-order valence-electron chi connectivity index (χ2n) is 9.32. The summed E-state index contributed by atoms with van der Waals surface area (Å²) in [6.45, 7) is 4.90. The lowest BCUT2D eigenvalue weighted by Gasteiger charge is -2.31. The monoisotopic (exact) mass is 456 g/mol. The quantitative estimate of drug-likeness (QED) is 0.310. The second-order valence-corrected chi connectivity index (χ2v) is 9.32. The van der Waals surface area contributed by atoms with E-state index in [0.717, 1.165) is 47.5 Å². The lowest BCUT2D eigenvalue weighted by Crippen LogP contribution is -2.46. The Bertz CT molecular complexity index is 1090. The Morgan fingerprint density at radius 2 is 1.65 bits per heavy atom. The summed E-state index contributed by atoms with van der Waals surface area (Å²) in [5.41, 5.74) is 4.53. The first-order valence-electron chi connectivity index (χ1n) is 12.5. The molecule has 0 radical (unpaired) electrons. The van der Waals surface area contributed by atoms with Crippen molar-refractivity contribution in [2.24, 2.45) is 0 Å². The molecule has 0 bridgehead atoms. The maximum Gasteiger partial charge on any atom is 0.257 e.